The van der Waals surface area contributed by atoms with Crippen LogP contribution in [0.1, 0.15) is 28.9 Å². The van der Waals surface area contributed by atoms with Crippen molar-refractivity contribution < 1.29 is 9.18 Å². The van der Waals surface area contributed by atoms with Gasteiger partial charge in [-0.05, 0) is 48.9 Å². The van der Waals surface area contributed by atoms with Crippen molar-refractivity contribution in [1.29, 1.82) is 0 Å². The van der Waals surface area contributed by atoms with Gasteiger partial charge in [0.15, 0.2) is 5.69 Å². The summed E-state index contributed by atoms with van der Waals surface area (Å²) in [7, 11) is 1.55. The maximum Gasteiger partial charge on any atom is 0.275 e. The van der Waals surface area contributed by atoms with Gasteiger partial charge in [0.1, 0.15) is 5.82 Å². The highest BCUT2D eigenvalue weighted by molar-refractivity contribution is 6.04. The zero-order chi connectivity index (χ0) is 21.1. The van der Waals surface area contributed by atoms with E-state index in [2.05, 4.69) is 15.3 Å². The second-order valence-corrected chi connectivity index (χ2v) is 7.81. The highest BCUT2D eigenvalue weighted by Gasteiger charge is 2.22. The summed E-state index contributed by atoms with van der Waals surface area (Å²) in [4.78, 5) is 27.4. The van der Waals surface area contributed by atoms with E-state index in [4.69, 9.17) is 0 Å². The molecule has 30 heavy (non-hydrogen) atoms. The van der Waals surface area contributed by atoms with Gasteiger partial charge < -0.3 is 5.32 Å². The Hall–Kier alpha value is -3.06. The molecule has 2 heterocycles. The maximum absolute atomic E-state index is 13.4. The van der Waals surface area contributed by atoms with Gasteiger partial charge in [0.05, 0.1) is 12.1 Å². The normalized spacial score (nSPS) is 15.4. The smallest absolute Gasteiger partial charge is 0.275 e. The molecule has 3 aromatic rings. The summed E-state index contributed by atoms with van der Waals surface area (Å²) in [6.07, 6.45) is 2.81. The van der Waals surface area contributed by atoms with Gasteiger partial charge in [0.2, 0.25) is 0 Å². The minimum absolute atomic E-state index is 0.194. The first kappa shape index (κ1) is 20.2. The van der Waals surface area contributed by atoms with Crippen LogP contribution in [0.15, 0.2) is 53.3 Å². The lowest BCUT2D eigenvalue weighted by atomic mass is 9.90. The molecule has 0 bridgehead atoms. The first-order valence-electron chi connectivity index (χ1n) is 10.2. The van der Waals surface area contributed by atoms with E-state index in [0.29, 0.717) is 23.4 Å². The average Bonchev–Trinajstić information content (AvgIpc) is 2.76. The monoisotopic (exact) mass is 408 g/mol. The molecule has 4 rings (SSSR count). The van der Waals surface area contributed by atoms with Crippen molar-refractivity contribution in [3.63, 3.8) is 0 Å². The number of nitrogens with zero attached hydrogens (tertiary/aromatic N) is 3. The summed E-state index contributed by atoms with van der Waals surface area (Å²) in [5.74, 6) is -0.0156. The highest BCUT2D eigenvalue weighted by atomic mass is 19.1. The quantitative estimate of drug-likeness (QED) is 0.705. The molecule has 1 aliphatic heterocycles. The number of amides is 1. The fraction of sp³-hybridized carbons (Fsp3) is 0.348. The van der Waals surface area contributed by atoms with Gasteiger partial charge in [-0.25, -0.2) is 9.07 Å². The first-order chi connectivity index (χ1) is 14.5. The number of hydrogen-bond acceptors (Lipinski definition) is 4. The molecular formula is C23H25FN4O2. The van der Waals surface area contributed by atoms with Crippen LogP contribution in [-0.4, -0.2) is 40.7 Å². The van der Waals surface area contributed by atoms with Crippen molar-refractivity contribution in [3.8, 4) is 0 Å². The van der Waals surface area contributed by atoms with Crippen LogP contribution in [-0.2, 0) is 13.1 Å². The van der Waals surface area contributed by atoms with Crippen LogP contribution in [0.3, 0.4) is 0 Å². The molecule has 0 unspecified atom stereocenters. The molecule has 1 fully saturated rings. The third kappa shape index (κ3) is 4.26. The van der Waals surface area contributed by atoms with Crippen molar-refractivity contribution in [1.82, 2.24) is 20.0 Å². The van der Waals surface area contributed by atoms with Crippen LogP contribution in [0.25, 0.3) is 10.8 Å². The van der Waals surface area contributed by atoms with E-state index >= 15 is 0 Å². The first-order valence-corrected chi connectivity index (χ1v) is 10.2. The number of nitrogens with one attached hydrogen (secondary N) is 1. The van der Waals surface area contributed by atoms with Crippen LogP contribution in [0.2, 0.25) is 0 Å². The number of carbonyl (C=O) groups excluding carboxylic acids is 1. The maximum atomic E-state index is 13.4. The summed E-state index contributed by atoms with van der Waals surface area (Å²) in [6, 6.07) is 13.8. The fourth-order valence-corrected chi connectivity index (χ4v) is 4.14. The minimum Gasteiger partial charge on any atom is -0.354 e. The third-order valence-corrected chi connectivity index (χ3v) is 5.76. The van der Waals surface area contributed by atoms with Crippen LogP contribution >= 0.6 is 0 Å². The van der Waals surface area contributed by atoms with Crippen LogP contribution < -0.4 is 10.9 Å². The zero-order valence-corrected chi connectivity index (χ0v) is 17.0. The molecule has 1 N–H and O–H groups in total. The minimum atomic E-state index is -0.311. The zero-order valence-electron chi connectivity index (χ0n) is 17.0. The van der Waals surface area contributed by atoms with E-state index in [9.17, 15) is 14.0 Å². The lowest BCUT2D eigenvalue weighted by Crippen LogP contribution is -2.40. The van der Waals surface area contributed by atoms with Gasteiger partial charge in [0, 0.05) is 25.5 Å². The van der Waals surface area contributed by atoms with Gasteiger partial charge in [-0.3, -0.25) is 14.5 Å². The molecule has 1 aliphatic rings. The number of piperidine rings is 1. The Bertz CT molecular complexity index is 1120. The van der Waals surface area contributed by atoms with Crippen molar-refractivity contribution >= 4 is 16.7 Å². The SMILES string of the molecule is CNC(=O)c1nn(CN2CCC(Cc3cccc(F)c3)CC2)c(=O)c2ccccc12. The van der Waals surface area contributed by atoms with Gasteiger partial charge in [-0.1, -0.05) is 30.3 Å². The second kappa shape index (κ2) is 8.75. The van der Waals surface area contributed by atoms with Crippen LogP contribution in [0.4, 0.5) is 4.39 Å². The van der Waals surface area contributed by atoms with Gasteiger partial charge in [-0.15, -0.1) is 0 Å². The number of fused-ring (bicyclic) bond motifs is 1. The van der Waals surface area contributed by atoms with E-state index in [0.717, 1.165) is 37.9 Å². The van der Waals surface area contributed by atoms with E-state index in [-0.39, 0.29) is 23.0 Å². The lowest BCUT2D eigenvalue weighted by Gasteiger charge is -2.32. The Kier molecular flexibility index (Phi) is 5.90. The Morgan fingerprint density at radius 1 is 1.13 bits per heavy atom. The van der Waals surface area contributed by atoms with E-state index in [1.807, 2.05) is 6.07 Å². The third-order valence-electron chi connectivity index (χ3n) is 5.76. The predicted molar refractivity (Wildman–Crippen MR) is 114 cm³/mol. The molecule has 1 saturated heterocycles. The molecule has 6 nitrogen and oxygen atoms in total. The van der Waals surface area contributed by atoms with Crippen LogP contribution in [0, 0.1) is 11.7 Å². The Balaban J connectivity index is 1.48. The molecule has 1 amide bonds. The molecule has 2 aromatic carbocycles. The predicted octanol–water partition coefficient (Wildman–Crippen LogP) is 2.81. The molecular weight excluding hydrogens is 383 g/mol. The number of halogens is 1. The van der Waals surface area contributed by atoms with Gasteiger partial charge in [-0.2, -0.15) is 5.10 Å². The van der Waals surface area contributed by atoms with Crippen molar-refractivity contribution in [3.05, 3.63) is 76.0 Å². The molecule has 1 aromatic heterocycles. The Labute approximate surface area is 174 Å². The summed E-state index contributed by atoms with van der Waals surface area (Å²) >= 11 is 0. The van der Waals surface area contributed by atoms with Gasteiger partial charge in [0.25, 0.3) is 11.5 Å². The van der Waals surface area contributed by atoms with Crippen LogP contribution in [0.5, 0.6) is 0 Å². The summed E-state index contributed by atoms with van der Waals surface area (Å²) < 4.78 is 14.8. The number of rotatable bonds is 5. The largest absolute Gasteiger partial charge is 0.354 e. The standard InChI is InChI=1S/C23H25FN4O2/c1-25-22(29)21-19-7-2-3-8-20(19)23(30)28(26-21)15-27-11-9-16(10-12-27)13-17-5-4-6-18(24)14-17/h2-8,14,16H,9-13,15H2,1H3,(H,25,29). The number of likely N-dealkylation sites (tertiary alicyclic amines) is 1. The second-order valence-electron chi connectivity index (χ2n) is 7.81. The Morgan fingerprint density at radius 3 is 2.57 bits per heavy atom. The molecule has 156 valence electrons. The van der Waals surface area contributed by atoms with E-state index < -0.39 is 0 Å². The van der Waals surface area contributed by atoms with E-state index in [1.54, 1.807) is 43.4 Å². The number of hydrogen-bond donors (Lipinski definition) is 1. The number of aromatic nitrogens is 2. The molecule has 7 heteroatoms. The summed E-state index contributed by atoms with van der Waals surface area (Å²) in [5.41, 5.74) is 1.09. The lowest BCUT2D eigenvalue weighted by molar-refractivity contribution is 0.0953. The molecule has 0 aliphatic carbocycles. The molecule has 0 atom stereocenters. The van der Waals surface area contributed by atoms with Crippen molar-refractivity contribution in [2.45, 2.75) is 25.9 Å². The fourth-order valence-electron chi connectivity index (χ4n) is 4.14. The molecule has 0 spiro atoms. The summed E-state index contributed by atoms with van der Waals surface area (Å²) in [5, 5.41) is 8.02. The highest BCUT2D eigenvalue weighted by Crippen LogP contribution is 2.22. The summed E-state index contributed by atoms with van der Waals surface area (Å²) in [6.45, 7) is 2.01. The topological polar surface area (TPSA) is 67.2 Å². The van der Waals surface area contributed by atoms with Crippen molar-refractivity contribution in [2.75, 3.05) is 20.1 Å². The van der Waals surface area contributed by atoms with E-state index in [1.165, 1.54) is 10.7 Å². The molecule has 0 radical (unpaired) electrons. The average molecular weight is 408 g/mol. The van der Waals surface area contributed by atoms with Crippen molar-refractivity contribution in [2.24, 2.45) is 5.92 Å². The Morgan fingerprint density at radius 2 is 1.87 bits per heavy atom. The molecule has 0 saturated carbocycles. The number of benzene rings is 2. The number of carbonyl (C=O) groups is 1. The van der Waals surface area contributed by atoms with Gasteiger partial charge >= 0.3 is 0 Å².